The number of amides is 1. The summed E-state index contributed by atoms with van der Waals surface area (Å²) in [5.74, 6) is 0.103. The first kappa shape index (κ1) is 19.3. The zero-order chi connectivity index (χ0) is 19.7. The van der Waals surface area contributed by atoms with Crippen molar-refractivity contribution in [3.8, 4) is 0 Å². The summed E-state index contributed by atoms with van der Waals surface area (Å²) in [6, 6.07) is 8.89. The summed E-state index contributed by atoms with van der Waals surface area (Å²) in [5.41, 5.74) is 2.12. The van der Waals surface area contributed by atoms with Crippen molar-refractivity contribution in [2.75, 3.05) is 19.7 Å². The van der Waals surface area contributed by atoms with E-state index in [2.05, 4.69) is 10.8 Å². The van der Waals surface area contributed by atoms with Crippen LogP contribution in [0, 0.1) is 5.82 Å². The van der Waals surface area contributed by atoms with Crippen LogP contribution in [0.3, 0.4) is 0 Å². The van der Waals surface area contributed by atoms with Crippen molar-refractivity contribution in [2.24, 2.45) is 0 Å². The van der Waals surface area contributed by atoms with E-state index in [1.165, 1.54) is 11.6 Å². The SMILES string of the molecule is CCOC(=O)N1CCC(c2cn(Cc3ccc(Cl)s3)c3cc(F)ccc23)CC1. The smallest absolute Gasteiger partial charge is 0.409 e. The third-order valence-electron chi connectivity index (χ3n) is 5.29. The van der Waals surface area contributed by atoms with Crippen molar-refractivity contribution in [3.63, 3.8) is 0 Å². The van der Waals surface area contributed by atoms with Crippen LogP contribution in [0.5, 0.6) is 0 Å². The molecule has 0 N–H and O–H groups in total. The van der Waals surface area contributed by atoms with E-state index in [4.69, 9.17) is 16.3 Å². The molecule has 3 heterocycles. The van der Waals surface area contributed by atoms with Crippen molar-refractivity contribution in [2.45, 2.75) is 32.2 Å². The number of likely N-dealkylation sites (tertiary alicyclic amines) is 1. The lowest BCUT2D eigenvalue weighted by atomic mass is 9.89. The molecule has 28 heavy (non-hydrogen) atoms. The fourth-order valence-corrected chi connectivity index (χ4v) is 5.03. The van der Waals surface area contributed by atoms with Gasteiger partial charge in [-0.2, -0.15) is 0 Å². The number of halogens is 2. The standard InChI is InChI=1S/C21H22ClFN2O2S/c1-2-27-21(26)24-9-7-14(8-10-24)18-13-25(12-16-4-6-20(22)28-16)19-11-15(23)3-5-17(18)19/h3-6,11,13-14H,2,7-10,12H2,1H3. The van der Waals surface area contributed by atoms with Crippen molar-refractivity contribution < 1.29 is 13.9 Å². The Morgan fingerprint density at radius 1 is 1.29 bits per heavy atom. The van der Waals surface area contributed by atoms with Crippen LogP contribution in [0.4, 0.5) is 9.18 Å². The van der Waals surface area contributed by atoms with Gasteiger partial charge in [-0.3, -0.25) is 0 Å². The van der Waals surface area contributed by atoms with Gasteiger partial charge in [0.15, 0.2) is 0 Å². The Balaban J connectivity index is 1.60. The van der Waals surface area contributed by atoms with Crippen LogP contribution in [0.1, 0.15) is 36.1 Å². The zero-order valence-corrected chi connectivity index (χ0v) is 17.2. The molecule has 0 atom stereocenters. The van der Waals surface area contributed by atoms with E-state index in [-0.39, 0.29) is 11.9 Å². The highest BCUT2D eigenvalue weighted by Crippen LogP contribution is 2.35. The number of fused-ring (bicyclic) bond motifs is 1. The van der Waals surface area contributed by atoms with E-state index in [0.29, 0.717) is 32.2 Å². The van der Waals surface area contributed by atoms with E-state index < -0.39 is 0 Å². The molecule has 1 aliphatic rings. The molecule has 0 saturated carbocycles. The minimum atomic E-state index is -0.236. The van der Waals surface area contributed by atoms with Crippen molar-refractivity contribution in [3.05, 3.63) is 57.1 Å². The van der Waals surface area contributed by atoms with Gasteiger partial charge in [0.05, 0.1) is 23.0 Å². The summed E-state index contributed by atoms with van der Waals surface area (Å²) in [6.45, 7) is 4.23. The number of ether oxygens (including phenoxy) is 1. The summed E-state index contributed by atoms with van der Waals surface area (Å²) in [7, 11) is 0. The van der Waals surface area contributed by atoms with Gasteiger partial charge in [0, 0.05) is 29.5 Å². The number of piperidine rings is 1. The van der Waals surface area contributed by atoms with Crippen molar-refractivity contribution in [1.82, 2.24) is 9.47 Å². The third kappa shape index (κ3) is 3.89. The number of carbonyl (C=O) groups is 1. The molecule has 0 aliphatic carbocycles. The van der Waals surface area contributed by atoms with Crippen LogP contribution >= 0.6 is 22.9 Å². The lowest BCUT2D eigenvalue weighted by molar-refractivity contribution is 0.0971. The van der Waals surface area contributed by atoms with Gasteiger partial charge >= 0.3 is 6.09 Å². The second-order valence-electron chi connectivity index (χ2n) is 7.04. The molecule has 1 fully saturated rings. The van der Waals surface area contributed by atoms with Gasteiger partial charge in [-0.25, -0.2) is 9.18 Å². The van der Waals surface area contributed by atoms with E-state index >= 15 is 0 Å². The average molecular weight is 421 g/mol. The molecular formula is C21H22ClFN2O2S. The second-order valence-corrected chi connectivity index (χ2v) is 8.84. The molecule has 3 aromatic rings. The Bertz CT molecular complexity index is 992. The van der Waals surface area contributed by atoms with Crippen LogP contribution < -0.4 is 0 Å². The number of nitrogens with zero attached hydrogens (tertiary/aromatic N) is 2. The molecule has 7 heteroatoms. The molecule has 0 spiro atoms. The second kappa shape index (κ2) is 8.13. The zero-order valence-electron chi connectivity index (χ0n) is 15.7. The predicted molar refractivity (Wildman–Crippen MR) is 111 cm³/mol. The molecule has 148 valence electrons. The predicted octanol–water partition coefficient (Wildman–Crippen LogP) is 5.88. The van der Waals surface area contributed by atoms with Gasteiger partial charge in [0.2, 0.25) is 0 Å². The maximum Gasteiger partial charge on any atom is 0.409 e. The van der Waals surface area contributed by atoms with Crippen LogP contribution in [0.15, 0.2) is 36.5 Å². The Morgan fingerprint density at radius 3 is 2.75 bits per heavy atom. The summed E-state index contributed by atoms with van der Waals surface area (Å²) in [5, 5.41) is 1.08. The molecule has 4 nitrogen and oxygen atoms in total. The molecule has 0 unspecified atom stereocenters. The maximum atomic E-state index is 13.9. The molecule has 0 radical (unpaired) electrons. The maximum absolute atomic E-state index is 13.9. The first-order chi connectivity index (χ1) is 13.5. The van der Waals surface area contributed by atoms with Gasteiger partial charge < -0.3 is 14.2 Å². The van der Waals surface area contributed by atoms with Gasteiger partial charge in [-0.15, -0.1) is 11.3 Å². The molecule has 1 amide bonds. The fourth-order valence-electron chi connectivity index (χ4n) is 3.94. The van der Waals surface area contributed by atoms with Crippen LogP contribution in [-0.4, -0.2) is 35.3 Å². The fraction of sp³-hybridized carbons (Fsp3) is 0.381. The molecule has 1 saturated heterocycles. The van der Waals surface area contributed by atoms with E-state index in [9.17, 15) is 9.18 Å². The number of thiophene rings is 1. The van der Waals surface area contributed by atoms with Gasteiger partial charge in [-0.1, -0.05) is 11.6 Å². The molecule has 1 aliphatic heterocycles. The number of hydrogen-bond donors (Lipinski definition) is 0. The highest BCUT2D eigenvalue weighted by Gasteiger charge is 2.27. The first-order valence-corrected chi connectivity index (χ1v) is 10.7. The van der Waals surface area contributed by atoms with Gasteiger partial charge in [-0.05, 0) is 61.6 Å². The molecule has 2 aromatic heterocycles. The van der Waals surface area contributed by atoms with Crippen LogP contribution in [-0.2, 0) is 11.3 Å². The number of benzene rings is 1. The van der Waals surface area contributed by atoms with Gasteiger partial charge in [0.25, 0.3) is 0 Å². The number of carbonyl (C=O) groups excluding carboxylic acids is 1. The summed E-state index contributed by atoms with van der Waals surface area (Å²) in [4.78, 5) is 14.9. The molecule has 0 bridgehead atoms. The topological polar surface area (TPSA) is 34.5 Å². The highest BCUT2D eigenvalue weighted by molar-refractivity contribution is 7.16. The summed E-state index contributed by atoms with van der Waals surface area (Å²) < 4.78 is 21.9. The Kier molecular flexibility index (Phi) is 5.60. The Hall–Kier alpha value is -2.05. The van der Waals surface area contributed by atoms with E-state index in [1.807, 2.05) is 25.1 Å². The van der Waals surface area contributed by atoms with Crippen molar-refractivity contribution in [1.29, 1.82) is 0 Å². The monoisotopic (exact) mass is 420 g/mol. The third-order valence-corrected chi connectivity index (χ3v) is 6.51. The normalized spacial score (nSPS) is 15.3. The molecular weight excluding hydrogens is 399 g/mol. The van der Waals surface area contributed by atoms with E-state index in [1.54, 1.807) is 22.3 Å². The minimum absolute atomic E-state index is 0.236. The van der Waals surface area contributed by atoms with E-state index in [0.717, 1.165) is 33.0 Å². The highest BCUT2D eigenvalue weighted by atomic mass is 35.5. The summed E-state index contributed by atoms with van der Waals surface area (Å²) in [6.07, 6.45) is 3.66. The largest absolute Gasteiger partial charge is 0.450 e. The minimum Gasteiger partial charge on any atom is -0.450 e. The number of rotatable bonds is 4. The van der Waals surface area contributed by atoms with Crippen molar-refractivity contribution >= 4 is 39.9 Å². The quantitative estimate of drug-likeness (QED) is 0.528. The Labute approximate surface area is 172 Å². The van der Waals surface area contributed by atoms with Crippen LogP contribution in [0.2, 0.25) is 4.34 Å². The molecule has 1 aromatic carbocycles. The Morgan fingerprint density at radius 2 is 2.07 bits per heavy atom. The lowest BCUT2D eigenvalue weighted by Crippen LogP contribution is -2.38. The number of hydrogen-bond acceptors (Lipinski definition) is 3. The first-order valence-electron chi connectivity index (χ1n) is 9.49. The van der Waals surface area contributed by atoms with Crippen LogP contribution in [0.25, 0.3) is 10.9 Å². The lowest BCUT2D eigenvalue weighted by Gasteiger charge is -2.31. The van der Waals surface area contributed by atoms with Gasteiger partial charge in [0.1, 0.15) is 5.82 Å². The molecule has 4 rings (SSSR count). The number of aromatic nitrogens is 1. The average Bonchev–Trinajstić information content (AvgIpc) is 3.26. The summed E-state index contributed by atoms with van der Waals surface area (Å²) >= 11 is 7.61.